The summed E-state index contributed by atoms with van der Waals surface area (Å²) in [7, 11) is 0. The first-order valence-corrected chi connectivity index (χ1v) is 7.88. The predicted molar refractivity (Wildman–Crippen MR) is 78.9 cm³/mol. The molecule has 1 aliphatic rings. The third-order valence-corrected chi connectivity index (χ3v) is 5.16. The molecule has 0 spiro atoms. The number of nitrogens with zero attached hydrogens (tertiary/aromatic N) is 2. The minimum absolute atomic E-state index is 0.380. The van der Waals surface area contributed by atoms with E-state index in [0.717, 1.165) is 23.1 Å². The van der Waals surface area contributed by atoms with Crippen LogP contribution in [0.2, 0.25) is 5.15 Å². The molecule has 0 unspecified atom stereocenters. The Kier molecular flexibility index (Phi) is 3.74. The molecule has 19 heavy (non-hydrogen) atoms. The van der Waals surface area contributed by atoms with Gasteiger partial charge in [-0.1, -0.05) is 24.4 Å². The van der Waals surface area contributed by atoms with Gasteiger partial charge >= 0.3 is 0 Å². The molecule has 0 bridgehead atoms. The van der Waals surface area contributed by atoms with E-state index in [1.807, 2.05) is 0 Å². The summed E-state index contributed by atoms with van der Waals surface area (Å²) in [5, 5.41) is 1.55. The lowest BCUT2D eigenvalue weighted by Crippen LogP contribution is -2.09. The van der Waals surface area contributed by atoms with E-state index in [1.54, 1.807) is 11.3 Å². The molecule has 0 N–H and O–H groups in total. The summed E-state index contributed by atoms with van der Waals surface area (Å²) in [6, 6.07) is 0. The number of aryl methyl sites for hydroxylation is 2. The molecule has 3 nitrogen and oxygen atoms in total. The topological polar surface area (TPSA) is 35.0 Å². The standard InChI is InChI=1S/C14H17ClN2OS/c1-8-9(2)19-14-12(8)13(15)16-11(17-14)7-18-10-5-3-4-6-10/h10H,3-7H2,1-2H3. The summed E-state index contributed by atoms with van der Waals surface area (Å²) in [5.41, 5.74) is 1.19. The number of fused-ring (bicyclic) bond motifs is 1. The van der Waals surface area contributed by atoms with Crippen molar-refractivity contribution in [1.29, 1.82) is 0 Å². The van der Waals surface area contributed by atoms with Gasteiger partial charge in [-0.15, -0.1) is 11.3 Å². The molecule has 0 amide bonds. The molecule has 3 rings (SSSR count). The molecule has 0 saturated heterocycles. The summed E-state index contributed by atoms with van der Waals surface area (Å²) in [5.74, 6) is 0.700. The fourth-order valence-electron chi connectivity index (χ4n) is 2.55. The first-order valence-electron chi connectivity index (χ1n) is 6.69. The molecule has 5 heteroatoms. The number of hydrogen-bond acceptors (Lipinski definition) is 4. The molecule has 0 atom stereocenters. The number of rotatable bonds is 3. The van der Waals surface area contributed by atoms with Crippen LogP contribution in [0.1, 0.15) is 41.9 Å². The Morgan fingerprint density at radius 1 is 1.26 bits per heavy atom. The van der Waals surface area contributed by atoms with E-state index in [1.165, 1.54) is 23.3 Å². The van der Waals surface area contributed by atoms with Crippen molar-refractivity contribution in [3.8, 4) is 0 Å². The van der Waals surface area contributed by atoms with Crippen molar-refractivity contribution in [3.63, 3.8) is 0 Å². The average molecular weight is 297 g/mol. The zero-order valence-electron chi connectivity index (χ0n) is 11.2. The zero-order valence-corrected chi connectivity index (χ0v) is 12.8. The molecule has 1 saturated carbocycles. The molecule has 2 aromatic rings. The molecule has 1 aliphatic carbocycles. The van der Waals surface area contributed by atoms with Crippen molar-refractivity contribution in [2.45, 2.75) is 52.2 Å². The maximum absolute atomic E-state index is 6.28. The van der Waals surface area contributed by atoms with E-state index >= 15 is 0 Å². The molecular formula is C14H17ClN2OS. The van der Waals surface area contributed by atoms with Gasteiger partial charge in [-0.3, -0.25) is 0 Å². The smallest absolute Gasteiger partial charge is 0.157 e. The van der Waals surface area contributed by atoms with Crippen LogP contribution in [0, 0.1) is 13.8 Å². The third kappa shape index (κ3) is 2.62. The average Bonchev–Trinajstić information content (AvgIpc) is 2.96. The zero-order chi connectivity index (χ0) is 13.4. The van der Waals surface area contributed by atoms with Gasteiger partial charge in [-0.05, 0) is 32.3 Å². The van der Waals surface area contributed by atoms with Crippen molar-refractivity contribution in [2.75, 3.05) is 0 Å². The lowest BCUT2D eigenvalue weighted by Gasteiger charge is -2.10. The first-order chi connectivity index (χ1) is 9.15. The van der Waals surface area contributed by atoms with Crippen LogP contribution in [0.15, 0.2) is 0 Å². The summed E-state index contributed by atoms with van der Waals surface area (Å²) in [4.78, 5) is 11.2. The van der Waals surface area contributed by atoms with Crippen LogP contribution in [0.5, 0.6) is 0 Å². The third-order valence-electron chi connectivity index (χ3n) is 3.78. The van der Waals surface area contributed by atoms with E-state index < -0.39 is 0 Å². The van der Waals surface area contributed by atoms with Crippen LogP contribution in [-0.4, -0.2) is 16.1 Å². The van der Waals surface area contributed by atoms with E-state index in [9.17, 15) is 0 Å². The van der Waals surface area contributed by atoms with Gasteiger partial charge in [0.05, 0.1) is 11.5 Å². The Bertz CT molecular complexity index is 605. The number of aromatic nitrogens is 2. The van der Waals surface area contributed by atoms with Crippen molar-refractivity contribution < 1.29 is 4.74 Å². The second kappa shape index (κ2) is 5.35. The summed E-state index contributed by atoms with van der Waals surface area (Å²) in [6.07, 6.45) is 5.24. The van der Waals surface area contributed by atoms with Gasteiger partial charge in [0.2, 0.25) is 0 Å². The van der Waals surface area contributed by atoms with Crippen molar-refractivity contribution in [2.24, 2.45) is 0 Å². The lowest BCUT2D eigenvalue weighted by atomic mass is 10.2. The minimum atomic E-state index is 0.380. The van der Waals surface area contributed by atoms with E-state index in [2.05, 4.69) is 23.8 Å². The van der Waals surface area contributed by atoms with Crippen molar-refractivity contribution in [1.82, 2.24) is 9.97 Å². The fourth-order valence-corrected chi connectivity index (χ4v) is 3.99. The molecule has 2 aromatic heterocycles. The molecule has 0 radical (unpaired) electrons. The van der Waals surface area contributed by atoms with E-state index in [-0.39, 0.29) is 0 Å². The van der Waals surface area contributed by atoms with Crippen LogP contribution >= 0.6 is 22.9 Å². The first kappa shape index (κ1) is 13.3. The molecule has 1 fully saturated rings. The molecule has 0 aromatic carbocycles. The molecule has 102 valence electrons. The van der Waals surface area contributed by atoms with Gasteiger partial charge < -0.3 is 4.74 Å². The Morgan fingerprint density at radius 2 is 2.00 bits per heavy atom. The Labute approximate surface area is 122 Å². The highest BCUT2D eigenvalue weighted by Crippen LogP contribution is 2.33. The normalized spacial score (nSPS) is 16.6. The molecular weight excluding hydrogens is 280 g/mol. The van der Waals surface area contributed by atoms with E-state index in [0.29, 0.717) is 23.7 Å². The molecule has 0 aliphatic heterocycles. The van der Waals surface area contributed by atoms with Gasteiger partial charge in [0.25, 0.3) is 0 Å². The number of thiophene rings is 1. The van der Waals surface area contributed by atoms with Crippen LogP contribution in [0.4, 0.5) is 0 Å². The highest BCUT2D eigenvalue weighted by molar-refractivity contribution is 7.18. The second-order valence-electron chi connectivity index (χ2n) is 5.11. The lowest BCUT2D eigenvalue weighted by molar-refractivity contribution is 0.0419. The van der Waals surface area contributed by atoms with E-state index in [4.69, 9.17) is 16.3 Å². The predicted octanol–water partition coefficient (Wildman–Crippen LogP) is 4.42. The van der Waals surface area contributed by atoms with Crippen molar-refractivity contribution in [3.05, 3.63) is 21.4 Å². The Balaban J connectivity index is 1.84. The maximum Gasteiger partial charge on any atom is 0.157 e. The Hall–Kier alpha value is -0.710. The molecule has 2 heterocycles. The summed E-state index contributed by atoms with van der Waals surface area (Å²) in [6.45, 7) is 4.63. The van der Waals surface area contributed by atoms with Gasteiger partial charge in [-0.2, -0.15) is 0 Å². The van der Waals surface area contributed by atoms with Crippen molar-refractivity contribution >= 4 is 33.2 Å². The number of ether oxygens (including phenoxy) is 1. The number of hydrogen-bond donors (Lipinski definition) is 0. The highest BCUT2D eigenvalue weighted by atomic mass is 35.5. The SMILES string of the molecule is Cc1sc2nc(COC3CCCC3)nc(Cl)c2c1C. The van der Waals surface area contributed by atoms with Crippen LogP contribution < -0.4 is 0 Å². The van der Waals surface area contributed by atoms with Crippen LogP contribution in [0.25, 0.3) is 10.2 Å². The summed E-state index contributed by atoms with van der Waals surface area (Å²) >= 11 is 7.95. The van der Waals surface area contributed by atoms with Gasteiger partial charge in [0, 0.05) is 4.88 Å². The largest absolute Gasteiger partial charge is 0.370 e. The maximum atomic E-state index is 6.28. The Morgan fingerprint density at radius 3 is 2.74 bits per heavy atom. The van der Waals surface area contributed by atoms with Gasteiger partial charge in [-0.25, -0.2) is 9.97 Å². The second-order valence-corrected chi connectivity index (χ2v) is 6.67. The van der Waals surface area contributed by atoms with Gasteiger partial charge in [0.15, 0.2) is 5.82 Å². The van der Waals surface area contributed by atoms with Crippen LogP contribution in [-0.2, 0) is 11.3 Å². The monoisotopic (exact) mass is 296 g/mol. The van der Waals surface area contributed by atoms with Crippen LogP contribution in [0.3, 0.4) is 0 Å². The fraction of sp³-hybridized carbons (Fsp3) is 0.571. The number of halogens is 1. The quantitative estimate of drug-likeness (QED) is 0.786. The summed E-state index contributed by atoms with van der Waals surface area (Å²) < 4.78 is 5.85. The highest BCUT2D eigenvalue weighted by Gasteiger charge is 2.17. The van der Waals surface area contributed by atoms with Gasteiger partial charge in [0.1, 0.15) is 16.6 Å². The minimum Gasteiger partial charge on any atom is -0.370 e.